The van der Waals surface area contributed by atoms with Gasteiger partial charge in [0, 0.05) is 0 Å². The van der Waals surface area contributed by atoms with E-state index in [-0.39, 0.29) is 17.1 Å². The average molecular weight is 223 g/mol. The van der Waals surface area contributed by atoms with Gasteiger partial charge < -0.3 is 0 Å². The van der Waals surface area contributed by atoms with Gasteiger partial charge in [-0.3, -0.25) is 0 Å². The van der Waals surface area contributed by atoms with Crippen LogP contribution in [-0.2, 0) is 34.9 Å². The van der Waals surface area contributed by atoms with Gasteiger partial charge in [-0.15, -0.1) is 7.47 Å². The van der Waals surface area contributed by atoms with Gasteiger partial charge >= 0.3 is 27.5 Å². The van der Waals surface area contributed by atoms with Crippen molar-refractivity contribution in [3.8, 4) is 0 Å². The fourth-order valence-corrected chi connectivity index (χ4v) is 0.262. The standard InChI is InChI=1S/Cl2O4S.Fe/c1-5-7(3,4)6-2;/q;+3. The molecule has 0 aliphatic heterocycles. The molecule has 0 saturated carbocycles. The van der Waals surface area contributed by atoms with Crippen LogP contribution in [0.15, 0.2) is 0 Å². The van der Waals surface area contributed by atoms with Crippen molar-refractivity contribution in [1.29, 1.82) is 0 Å². The third-order valence-electron chi connectivity index (χ3n) is 0.154. The Morgan fingerprint density at radius 1 is 1.12 bits per heavy atom. The molecule has 8 heavy (non-hydrogen) atoms. The largest absolute Gasteiger partial charge is 3.00 e. The van der Waals surface area contributed by atoms with Crippen molar-refractivity contribution in [2.45, 2.75) is 0 Å². The van der Waals surface area contributed by atoms with Crippen molar-refractivity contribution >= 4 is 34.1 Å². The molecule has 0 atom stereocenters. The SMILES string of the molecule is O=S(=O)(OCl)OCl.[Fe+3]. The van der Waals surface area contributed by atoms with Gasteiger partial charge in [-0.2, -0.15) is 8.42 Å². The predicted octanol–water partition coefficient (Wildman–Crippen LogP) is 0.570. The predicted molar refractivity (Wildman–Crippen MR) is 22.8 cm³/mol. The monoisotopic (exact) mass is 222 g/mol. The van der Waals surface area contributed by atoms with E-state index in [1.807, 2.05) is 0 Å². The summed E-state index contributed by atoms with van der Waals surface area (Å²) in [4.78, 5) is 0. The normalized spacial score (nSPS) is 10.2. The topological polar surface area (TPSA) is 52.6 Å². The van der Waals surface area contributed by atoms with Crippen molar-refractivity contribution in [1.82, 2.24) is 0 Å². The third kappa shape index (κ3) is 5.11. The van der Waals surface area contributed by atoms with Crippen LogP contribution in [0, 0.1) is 0 Å². The minimum atomic E-state index is -4.13. The molecule has 0 rings (SSSR count). The zero-order valence-corrected chi connectivity index (χ0v) is 6.58. The molecule has 0 heterocycles. The zero-order chi connectivity index (χ0) is 5.91. The molecular weight excluding hydrogens is 223 g/mol. The molecule has 0 aromatic rings. The van der Waals surface area contributed by atoms with Crippen LogP contribution in [0.1, 0.15) is 0 Å². The van der Waals surface area contributed by atoms with Gasteiger partial charge in [-0.25, -0.2) is 0 Å². The van der Waals surface area contributed by atoms with E-state index in [0.29, 0.717) is 0 Å². The quantitative estimate of drug-likeness (QED) is 0.642. The minimum absolute atomic E-state index is 0. The van der Waals surface area contributed by atoms with Crippen LogP contribution < -0.4 is 0 Å². The molecule has 0 unspecified atom stereocenters. The first-order valence-electron chi connectivity index (χ1n) is 0.975. The van der Waals surface area contributed by atoms with E-state index in [0.717, 1.165) is 0 Å². The Bertz CT molecular complexity index is 117. The first-order chi connectivity index (χ1) is 3.12. The summed E-state index contributed by atoms with van der Waals surface area (Å²) in [5, 5.41) is 0. The van der Waals surface area contributed by atoms with Crippen molar-refractivity contribution < 1.29 is 33.0 Å². The van der Waals surface area contributed by atoms with Crippen LogP contribution in [0.4, 0.5) is 0 Å². The summed E-state index contributed by atoms with van der Waals surface area (Å²) < 4.78 is 25.7. The minimum Gasteiger partial charge on any atom is -0.166 e. The second-order valence-corrected chi connectivity index (χ2v) is 2.36. The summed E-state index contributed by atoms with van der Waals surface area (Å²) in [6, 6.07) is 0. The van der Waals surface area contributed by atoms with Crippen molar-refractivity contribution in [3.63, 3.8) is 0 Å². The molecule has 0 aliphatic rings. The molecule has 0 fully saturated rings. The fourth-order valence-electron chi connectivity index (χ4n) is 0.00972. The average Bonchev–Trinajstić information content (AvgIpc) is 1.68. The van der Waals surface area contributed by atoms with E-state index in [9.17, 15) is 8.42 Å². The first-order valence-corrected chi connectivity index (χ1v) is 2.93. The van der Waals surface area contributed by atoms with E-state index in [1.165, 1.54) is 0 Å². The molecule has 0 aliphatic carbocycles. The first kappa shape index (κ1) is 11.7. The smallest absolute Gasteiger partial charge is 0.166 e. The molecule has 0 aromatic heterocycles. The molecule has 0 amide bonds. The third-order valence-corrected chi connectivity index (χ3v) is 1.39. The molecule has 0 spiro atoms. The Morgan fingerprint density at radius 2 is 1.38 bits per heavy atom. The Kier molecular flexibility index (Phi) is 7.05. The van der Waals surface area contributed by atoms with E-state index >= 15 is 0 Å². The summed E-state index contributed by atoms with van der Waals surface area (Å²) in [7, 11) is -4.13. The van der Waals surface area contributed by atoms with Crippen LogP contribution in [-0.4, -0.2) is 8.42 Å². The van der Waals surface area contributed by atoms with Gasteiger partial charge in [0.1, 0.15) is 0 Å². The molecule has 0 aromatic carbocycles. The van der Waals surface area contributed by atoms with Crippen LogP contribution in [0.2, 0.25) is 0 Å². The molecule has 8 heteroatoms. The van der Waals surface area contributed by atoms with Crippen LogP contribution in [0.5, 0.6) is 0 Å². The van der Waals surface area contributed by atoms with Crippen molar-refractivity contribution in [2.24, 2.45) is 0 Å². The molecular formula is Cl2FeO4S+3. The van der Waals surface area contributed by atoms with Gasteiger partial charge in [-0.05, 0) is 0 Å². The zero-order valence-electron chi connectivity index (χ0n) is 3.15. The number of hydrogen-bond acceptors (Lipinski definition) is 4. The Labute approximate surface area is 67.2 Å². The Morgan fingerprint density at radius 3 is 1.38 bits per heavy atom. The van der Waals surface area contributed by atoms with E-state index in [4.69, 9.17) is 0 Å². The molecule has 0 saturated heterocycles. The van der Waals surface area contributed by atoms with Crippen molar-refractivity contribution in [2.75, 3.05) is 0 Å². The number of halogens is 2. The second-order valence-electron chi connectivity index (χ2n) is 0.534. The van der Waals surface area contributed by atoms with Crippen LogP contribution in [0.25, 0.3) is 0 Å². The van der Waals surface area contributed by atoms with E-state index < -0.39 is 10.4 Å². The van der Waals surface area contributed by atoms with Gasteiger partial charge in [-0.1, -0.05) is 0 Å². The fraction of sp³-hybridized carbons (Fsp3) is 0. The maximum atomic E-state index is 9.66. The number of hydrogen-bond donors (Lipinski definition) is 0. The maximum Gasteiger partial charge on any atom is 3.00 e. The summed E-state index contributed by atoms with van der Waals surface area (Å²) in [5.41, 5.74) is 0. The second kappa shape index (κ2) is 4.81. The van der Waals surface area contributed by atoms with Gasteiger partial charge in [0.25, 0.3) is 0 Å². The Hall–Kier alpha value is 0.969. The van der Waals surface area contributed by atoms with E-state index in [2.05, 4.69) is 31.2 Å². The summed E-state index contributed by atoms with van der Waals surface area (Å²) in [5.74, 6) is 0. The van der Waals surface area contributed by atoms with Crippen LogP contribution in [0.3, 0.4) is 0 Å². The molecule has 1 radical (unpaired) electrons. The molecule has 0 bridgehead atoms. The molecule has 0 N–H and O–H groups in total. The van der Waals surface area contributed by atoms with Gasteiger partial charge in [0.2, 0.25) is 0 Å². The van der Waals surface area contributed by atoms with E-state index in [1.54, 1.807) is 0 Å². The summed E-state index contributed by atoms with van der Waals surface area (Å²) in [6.07, 6.45) is 0. The van der Waals surface area contributed by atoms with Crippen LogP contribution >= 0.6 is 23.7 Å². The summed E-state index contributed by atoms with van der Waals surface area (Å²) in [6.45, 7) is 0. The maximum absolute atomic E-state index is 9.66. The number of rotatable bonds is 2. The molecule has 4 nitrogen and oxygen atoms in total. The van der Waals surface area contributed by atoms with Crippen molar-refractivity contribution in [3.05, 3.63) is 0 Å². The summed E-state index contributed by atoms with van der Waals surface area (Å²) >= 11 is 8.59. The Balaban J connectivity index is 0. The van der Waals surface area contributed by atoms with Gasteiger partial charge in [0.05, 0.1) is 23.7 Å². The molecule has 49 valence electrons. The van der Waals surface area contributed by atoms with Gasteiger partial charge in [0.15, 0.2) is 0 Å².